The van der Waals surface area contributed by atoms with Gasteiger partial charge in [0.05, 0.1) is 14.2 Å². The van der Waals surface area contributed by atoms with Gasteiger partial charge in [0.2, 0.25) is 0 Å². The number of hydrogen-bond acceptors (Lipinski definition) is 3. The normalized spacial score (nSPS) is 11.8. The zero-order valence-corrected chi connectivity index (χ0v) is 17.5. The number of thiocarbonyl (C=S) groups is 1. The number of ether oxygens (including phenoxy) is 2. The van der Waals surface area contributed by atoms with Crippen molar-refractivity contribution in [2.45, 2.75) is 53.0 Å². The second-order valence-corrected chi connectivity index (χ2v) is 6.98. The monoisotopic (exact) mass is 366 g/mol. The lowest BCUT2D eigenvalue weighted by atomic mass is 9.99. The minimum atomic E-state index is 0.689. The average molecular weight is 367 g/mol. The summed E-state index contributed by atoms with van der Waals surface area (Å²) in [4.78, 5) is 2.08. The molecule has 1 rings (SSSR count). The van der Waals surface area contributed by atoms with Gasteiger partial charge in [-0.3, -0.25) is 0 Å². The molecule has 0 aliphatic heterocycles. The Morgan fingerprint density at radius 2 is 1.84 bits per heavy atom. The van der Waals surface area contributed by atoms with Crippen LogP contribution in [0.5, 0.6) is 11.5 Å². The smallest absolute Gasteiger partial charge is 0.168 e. The summed E-state index contributed by atoms with van der Waals surface area (Å²) in [6.07, 6.45) is 4.99. The van der Waals surface area contributed by atoms with Crippen molar-refractivity contribution < 1.29 is 9.47 Å². The van der Waals surface area contributed by atoms with Crippen molar-refractivity contribution in [3.8, 4) is 11.5 Å². The van der Waals surface area contributed by atoms with Gasteiger partial charge in [-0.25, -0.2) is 0 Å². The highest BCUT2D eigenvalue weighted by Crippen LogP contribution is 2.30. The first kappa shape index (κ1) is 21.6. The highest BCUT2D eigenvalue weighted by molar-refractivity contribution is 7.80. The van der Waals surface area contributed by atoms with E-state index in [1.165, 1.54) is 36.8 Å². The average Bonchev–Trinajstić information content (AvgIpc) is 2.62. The van der Waals surface area contributed by atoms with E-state index in [1.54, 1.807) is 14.2 Å². The molecule has 0 aliphatic rings. The van der Waals surface area contributed by atoms with Gasteiger partial charge in [-0.05, 0) is 54.7 Å². The summed E-state index contributed by atoms with van der Waals surface area (Å²) in [5, 5.41) is 4.23. The summed E-state index contributed by atoms with van der Waals surface area (Å²) in [6.45, 7) is 8.26. The molecule has 142 valence electrons. The summed E-state index contributed by atoms with van der Waals surface area (Å²) < 4.78 is 10.8. The third-order valence-corrected chi connectivity index (χ3v) is 5.14. The van der Waals surface area contributed by atoms with Crippen LogP contribution >= 0.6 is 12.2 Å². The number of methoxy groups -OCH3 is 2. The fraction of sp³-hybridized carbons (Fsp3) is 0.650. The van der Waals surface area contributed by atoms with Gasteiger partial charge in [0.1, 0.15) is 0 Å². The topological polar surface area (TPSA) is 33.7 Å². The van der Waals surface area contributed by atoms with Crippen LogP contribution in [0.2, 0.25) is 0 Å². The minimum absolute atomic E-state index is 0.689. The van der Waals surface area contributed by atoms with Crippen LogP contribution in [-0.4, -0.2) is 37.8 Å². The van der Waals surface area contributed by atoms with Crippen molar-refractivity contribution in [3.05, 3.63) is 23.3 Å². The molecule has 1 N–H and O–H groups in total. The molecule has 25 heavy (non-hydrogen) atoms. The van der Waals surface area contributed by atoms with Gasteiger partial charge in [0, 0.05) is 20.1 Å². The third kappa shape index (κ3) is 6.73. The molecule has 0 aliphatic carbocycles. The first-order valence-corrected chi connectivity index (χ1v) is 9.57. The van der Waals surface area contributed by atoms with Crippen molar-refractivity contribution in [2.24, 2.45) is 5.92 Å². The first-order chi connectivity index (χ1) is 12.0. The molecular formula is C20H34N2O2S. The van der Waals surface area contributed by atoms with Gasteiger partial charge in [-0.2, -0.15) is 0 Å². The van der Waals surface area contributed by atoms with Crippen molar-refractivity contribution in [2.75, 3.05) is 27.8 Å². The van der Waals surface area contributed by atoms with E-state index in [0.717, 1.165) is 29.7 Å². The fourth-order valence-electron chi connectivity index (χ4n) is 2.83. The largest absolute Gasteiger partial charge is 0.493 e. The summed E-state index contributed by atoms with van der Waals surface area (Å²) >= 11 is 5.57. The highest BCUT2D eigenvalue weighted by atomic mass is 32.1. The van der Waals surface area contributed by atoms with Crippen molar-refractivity contribution >= 4 is 17.3 Å². The van der Waals surface area contributed by atoms with E-state index in [2.05, 4.69) is 31.0 Å². The number of rotatable bonds is 10. The zero-order valence-electron chi connectivity index (χ0n) is 16.6. The summed E-state index contributed by atoms with van der Waals surface area (Å²) in [7, 11) is 5.34. The number of nitrogens with one attached hydrogen (secondary N) is 1. The summed E-state index contributed by atoms with van der Waals surface area (Å²) in [5.41, 5.74) is 2.35. The van der Waals surface area contributed by atoms with Crippen LogP contribution in [0.1, 0.15) is 50.7 Å². The van der Waals surface area contributed by atoms with Crippen molar-refractivity contribution in [1.29, 1.82) is 0 Å². The molecule has 0 unspecified atom stereocenters. The molecule has 1 atom stereocenters. The van der Waals surface area contributed by atoms with Crippen LogP contribution in [-0.2, 0) is 6.54 Å². The molecule has 1 aromatic carbocycles. The van der Waals surface area contributed by atoms with E-state index < -0.39 is 0 Å². The van der Waals surface area contributed by atoms with E-state index >= 15 is 0 Å². The number of aryl methyl sites for hydroxylation is 1. The van der Waals surface area contributed by atoms with Gasteiger partial charge < -0.3 is 19.7 Å². The lowest BCUT2D eigenvalue weighted by molar-refractivity contribution is 0.353. The molecule has 0 spiro atoms. The van der Waals surface area contributed by atoms with Gasteiger partial charge in [-0.1, -0.05) is 33.1 Å². The molecule has 4 nitrogen and oxygen atoms in total. The van der Waals surface area contributed by atoms with Gasteiger partial charge in [-0.15, -0.1) is 0 Å². The van der Waals surface area contributed by atoms with Crippen molar-refractivity contribution in [3.63, 3.8) is 0 Å². The summed E-state index contributed by atoms with van der Waals surface area (Å²) in [6, 6.07) is 4.04. The Balaban J connectivity index is 2.65. The van der Waals surface area contributed by atoms with Gasteiger partial charge in [0.15, 0.2) is 16.6 Å². The van der Waals surface area contributed by atoms with E-state index in [1.807, 2.05) is 19.2 Å². The molecule has 1 aromatic rings. The van der Waals surface area contributed by atoms with Gasteiger partial charge in [0.25, 0.3) is 0 Å². The quantitative estimate of drug-likeness (QED) is 0.615. The first-order valence-electron chi connectivity index (χ1n) is 9.17. The Kier molecular flexibility index (Phi) is 9.65. The van der Waals surface area contributed by atoms with Crippen LogP contribution in [0.15, 0.2) is 12.1 Å². The molecule has 0 radical (unpaired) electrons. The van der Waals surface area contributed by atoms with Crippen LogP contribution in [0.4, 0.5) is 0 Å². The Morgan fingerprint density at radius 1 is 1.20 bits per heavy atom. The molecule has 0 bridgehead atoms. The maximum Gasteiger partial charge on any atom is 0.168 e. The van der Waals surface area contributed by atoms with Crippen LogP contribution in [0.25, 0.3) is 0 Å². The number of nitrogens with zero attached hydrogens (tertiary/aromatic N) is 1. The Morgan fingerprint density at radius 3 is 2.40 bits per heavy atom. The number of hydrogen-bond donors (Lipinski definition) is 1. The molecule has 0 saturated heterocycles. The molecular weight excluding hydrogens is 332 g/mol. The predicted molar refractivity (Wildman–Crippen MR) is 110 cm³/mol. The highest BCUT2D eigenvalue weighted by Gasteiger charge is 2.13. The number of benzene rings is 1. The molecule has 0 saturated carbocycles. The van der Waals surface area contributed by atoms with E-state index in [-0.39, 0.29) is 0 Å². The van der Waals surface area contributed by atoms with Crippen LogP contribution < -0.4 is 14.8 Å². The molecule has 0 fully saturated rings. The maximum atomic E-state index is 5.57. The fourth-order valence-corrected chi connectivity index (χ4v) is 2.98. The molecule has 0 heterocycles. The second kappa shape index (κ2) is 11.2. The number of unbranched alkanes of at least 4 members (excludes halogenated alkanes) is 1. The Labute approximate surface area is 158 Å². The minimum Gasteiger partial charge on any atom is -0.493 e. The molecule has 5 heteroatoms. The zero-order chi connectivity index (χ0) is 18.8. The molecule has 0 amide bonds. The predicted octanol–water partition coefficient (Wildman–Crippen LogP) is 4.53. The lowest BCUT2D eigenvalue weighted by Crippen LogP contribution is -2.39. The Hall–Kier alpha value is -1.49. The molecule has 0 aromatic heterocycles. The SMILES string of the molecule is CCCC[C@H](CC)CNC(=S)N(C)Cc1cc(OC)c(OC)cc1C. The van der Waals surface area contributed by atoms with E-state index in [9.17, 15) is 0 Å². The van der Waals surface area contributed by atoms with E-state index in [0.29, 0.717) is 5.92 Å². The summed E-state index contributed by atoms with van der Waals surface area (Å²) in [5.74, 6) is 2.20. The van der Waals surface area contributed by atoms with Crippen LogP contribution in [0.3, 0.4) is 0 Å². The third-order valence-electron chi connectivity index (χ3n) is 4.68. The van der Waals surface area contributed by atoms with E-state index in [4.69, 9.17) is 21.7 Å². The Bertz CT molecular complexity index is 549. The van der Waals surface area contributed by atoms with Crippen LogP contribution in [0, 0.1) is 12.8 Å². The second-order valence-electron chi connectivity index (χ2n) is 6.59. The van der Waals surface area contributed by atoms with Gasteiger partial charge >= 0.3 is 0 Å². The van der Waals surface area contributed by atoms with Crippen molar-refractivity contribution in [1.82, 2.24) is 10.2 Å². The lowest BCUT2D eigenvalue weighted by Gasteiger charge is -2.24. The standard InChI is InChI=1S/C20H34N2O2S/c1-7-9-10-16(8-2)13-21-20(25)22(4)14-17-12-19(24-6)18(23-5)11-15(17)3/h11-12,16H,7-10,13-14H2,1-6H3,(H,21,25)/t16-/m0/s1. The maximum absolute atomic E-state index is 5.57.